The number of ether oxygens (including phenoxy) is 2. The van der Waals surface area contributed by atoms with Crippen LogP contribution in [0.15, 0.2) is 65.6 Å². The minimum absolute atomic E-state index is 0.0312. The minimum atomic E-state index is -3.92. The molecule has 0 radical (unpaired) electrons. The van der Waals surface area contributed by atoms with Crippen molar-refractivity contribution >= 4 is 48.9 Å². The van der Waals surface area contributed by atoms with E-state index in [1.54, 1.807) is 30.3 Å². The third-order valence-corrected chi connectivity index (χ3v) is 7.10. The summed E-state index contributed by atoms with van der Waals surface area (Å²) in [4.78, 5) is 17.1. The average molecular weight is 468 g/mol. The Labute approximate surface area is 187 Å². The third-order valence-electron chi connectivity index (χ3n) is 4.78. The Hall–Kier alpha value is -3.63. The van der Waals surface area contributed by atoms with Crippen molar-refractivity contribution in [3.8, 4) is 11.5 Å². The SMILES string of the molecule is Cc1nc2ccc(NC(=O)c3cccc(S(=O)(=O)Nc4ccc5c(c4)OCO5)c3)cc2s1. The zero-order valence-electron chi connectivity index (χ0n) is 16.8. The molecule has 0 spiro atoms. The van der Waals surface area contributed by atoms with E-state index < -0.39 is 15.9 Å². The van der Waals surface area contributed by atoms with Gasteiger partial charge < -0.3 is 14.8 Å². The molecule has 0 fully saturated rings. The molecular formula is C22H17N3O5S2. The van der Waals surface area contributed by atoms with Gasteiger partial charge in [0.1, 0.15) is 0 Å². The van der Waals surface area contributed by atoms with Gasteiger partial charge >= 0.3 is 0 Å². The Kier molecular flexibility index (Phi) is 4.95. The molecule has 0 atom stereocenters. The molecule has 2 heterocycles. The van der Waals surface area contributed by atoms with Gasteiger partial charge in [-0.15, -0.1) is 11.3 Å². The van der Waals surface area contributed by atoms with Gasteiger partial charge in [0.15, 0.2) is 11.5 Å². The standard InChI is InChI=1S/C22H17N3O5S2/c1-13-23-18-7-5-15(11-21(18)31-13)24-22(26)14-3-2-4-17(9-14)32(27,28)25-16-6-8-19-20(10-16)30-12-29-19/h2-11,25H,12H2,1H3,(H,24,26). The highest BCUT2D eigenvalue weighted by Crippen LogP contribution is 2.35. The monoisotopic (exact) mass is 467 g/mol. The first kappa shape index (κ1) is 20.3. The molecule has 5 rings (SSSR count). The molecule has 0 unspecified atom stereocenters. The van der Waals surface area contributed by atoms with Crippen molar-refractivity contribution in [3.05, 3.63) is 71.2 Å². The Morgan fingerprint density at radius 3 is 2.69 bits per heavy atom. The van der Waals surface area contributed by atoms with Gasteiger partial charge in [-0.2, -0.15) is 0 Å². The van der Waals surface area contributed by atoms with Crippen LogP contribution in [0.5, 0.6) is 11.5 Å². The van der Waals surface area contributed by atoms with Crippen molar-refractivity contribution in [3.63, 3.8) is 0 Å². The number of carbonyl (C=O) groups excluding carboxylic acids is 1. The van der Waals surface area contributed by atoms with E-state index in [9.17, 15) is 13.2 Å². The molecule has 0 saturated heterocycles. The van der Waals surface area contributed by atoms with Crippen LogP contribution in [0.2, 0.25) is 0 Å². The topological polar surface area (TPSA) is 107 Å². The maximum Gasteiger partial charge on any atom is 0.261 e. The molecule has 3 aromatic carbocycles. The van der Waals surface area contributed by atoms with Gasteiger partial charge in [-0.3, -0.25) is 9.52 Å². The maximum atomic E-state index is 12.9. The summed E-state index contributed by atoms with van der Waals surface area (Å²) < 4.78 is 39.7. The van der Waals surface area contributed by atoms with Gasteiger partial charge in [-0.25, -0.2) is 13.4 Å². The second-order valence-corrected chi connectivity index (χ2v) is 9.99. The van der Waals surface area contributed by atoms with Crippen LogP contribution in [0, 0.1) is 6.92 Å². The lowest BCUT2D eigenvalue weighted by atomic mass is 10.2. The summed E-state index contributed by atoms with van der Waals surface area (Å²) in [5, 5.41) is 3.75. The fourth-order valence-corrected chi connectivity index (χ4v) is 5.26. The zero-order valence-corrected chi connectivity index (χ0v) is 18.4. The van der Waals surface area contributed by atoms with Gasteiger partial charge in [-0.05, 0) is 55.5 Å². The minimum Gasteiger partial charge on any atom is -0.454 e. The number of sulfonamides is 1. The fraction of sp³-hybridized carbons (Fsp3) is 0.0909. The normalized spacial score (nSPS) is 12.7. The summed E-state index contributed by atoms with van der Waals surface area (Å²) in [5.74, 6) is 0.607. The number of nitrogens with one attached hydrogen (secondary N) is 2. The van der Waals surface area contributed by atoms with Crippen LogP contribution >= 0.6 is 11.3 Å². The van der Waals surface area contributed by atoms with Gasteiger partial charge in [0, 0.05) is 17.3 Å². The molecule has 10 heteroatoms. The van der Waals surface area contributed by atoms with E-state index in [-0.39, 0.29) is 17.3 Å². The zero-order chi connectivity index (χ0) is 22.3. The summed E-state index contributed by atoms with van der Waals surface area (Å²) in [6.45, 7) is 2.02. The summed E-state index contributed by atoms with van der Waals surface area (Å²) in [6.07, 6.45) is 0. The van der Waals surface area contributed by atoms with Gasteiger partial charge in [0.2, 0.25) is 6.79 Å². The van der Waals surface area contributed by atoms with Crippen molar-refractivity contribution < 1.29 is 22.7 Å². The lowest BCUT2D eigenvalue weighted by molar-refractivity contribution is 0.102. The van der Waals surface area contributed by atoms with E-state index in [0.717, 1.165) is 15.2 Å². The molecule has 4 aromatic rings. The Balaban J connectivity index is 1.36. The van der Waals surface area contributed by atoms with Gasteiger partial charge in [0.25, 0.3) is 15.9 Å². The number of rotatable bonds is 5. The number of carbonyl (C=O) groups is 1. The quantitative estimate of drug-likeness (QED) is 0.451. The second-order valence-electron chi connectivity index (χ2n) is 7.07. The van der Waals surface area contributed by atoms with E-state index in [2.05, 4.69) is 15.0 Å². The van der Waals surface area contributed by atoms with Crippen LogP contribution in [-0.2, 0) is 10.0 Å². The summed E-state index contributed by atoms with van der Waals surface area (Å²) in [7, 11) is -3.92. The highest BCUT2D eigenvalue weighted by atomic mass is 32.2. The number of fused-ring (bicyclic) bond motifs is 2. The van der Waals surface area contributed by atoms with Crippen LogP contribution < -0.4 is 19.5 Å². The highest BCUT2D eigenvalue weighted by molar-refractivity contribution is 7.92. The molecule has 1 aromatic heterocycles. The second kappa shape index (κ2) is 7.81. The number of amides is 1. The molecular weight excluding hydrogens is 450 g/mol. The number of aromatic nitrogens is 1. The average Bonchev–Trinajstić information content (AvgIpc) is 3.38. The smallest absolute Gasteiger partial charge is 0.261 e. The van der Waals surface area contributed by atoms with Crippen molar-refractivity contribution in [1.29, 1.82) is 0 Å². The predicted molar refractivity (Wildman–Crippen MR) is 122 cm³/mol. The molecule has 1 amide bonds. The first-order valence-electron chi connectivity index (χ1n) is 9.58. The number of anilines is 2. The van der Waals surface area contributed by atoms with E-state index >= 15 is 0 Å². The Morgan fingerprint density at radius 1 is 1.00 bits per heavy atom. The van der Waals surface area contributed by atoms with Crippen LogP contribution in [0.1, 0.15) is 15.4 Å². The first-order chi connectivity index (χ1) is 15.4. The van der Waals surface area contributed by atoms with Crippen molar-refractivity contribution in [2.75, 3.05) is 16.8 Å². The molecule has 2 N–H and O–H groups in total. The summed E-state index contributed by atoms with van der Waals surface area (Å²) in [5.41, 5.74) is 2.03. The van der Waals surface area contributed by atoms with Gasteiger partial charge in [0.05, 0.1) is 25.8 Å². The van der Waals surface area contributed by atoms with Crippen LogP contribution in [-0.4, -0.2) is 26.1 Å². The highest BCUT2D eigenvalue weighted by Gasteiger charge is 2.19. The van der Waals surface area contributed by atoms with Crippen molar-refractivity contribution in [1.82, 2.24) is 4.98 Å². The van der Waals surface area contributed by atoms with E-state index in [4.69, 9.17) is 9.47 Å². The molecule has 162 valence electrons. The predicted octanol–water partition coefficient (Wildman–Crippen LogP) is 4.39. The lowest BCUT2D eigenvalue weighted by Crippen LogP contribution is -2.16. The number of hydrogen-bond donors (Lipinski definition) is 2. The van der Waals surface area contributed by atoms with E-state index in [0.29, 0.717) is 22.9 Å². The van der Waals surface area contributed by atoms with Crippen LogP contribution in [0.25, 0.3) is 10.2 Å². The molecule has 1 aliphatic heterocycles. The van der Waals surface area contributed by atoms with Crippen LogP contribution in [0.4, 0.5) is 11.4 Å². The number of hydrogen-bond acceptors (Lipinski definition) is 7. The third kappa shape index (κ3) is 3.97. The Morgan fingerprint density at radius 2 is 1.81 bits per heavy atom. The molecule has 0 bridgehead atoms. The lowest BCUT2D eigenvalue weighted by Gasteiger charge is -2.10. The van der Waals surface area contributed by atoms with Gasteiger partial charge in [-0.1, -0.05) is 6.07 Å². The number of thiazole rings is 1. The molecule has 8 nitrogen and oxygen atoms in total. The van der Waals surface area contributed by atoms with Crippen LogP contribution in [0.3, 0.4) is 0 Å². The van der Waals surface area contributed by atoms with Crippen molar-refractivity contribution in [2.24, 2.45) is 0 Å². The summed E-state index contributed by atoms with van der Waals surface area (Å²) >= 11 is 1.54. The maximum absolute atomic E-state index is 12.9. The molecule has 0 aliphatic carbocycles. The van der Waals surface area contributed by atoms with E-state index in [1.807, 2.05) is 19.1 Å². The first-order valence-corrected chi connectivity index (χ1v) is 11.9. The molecule has 0 saturated carbocycles. The molecule has 32 heavy (non-hydrogen) atoms. The Bertz CT molecular complexity index is 1460. The largest absolute Gasteiger partial charge is 0.454 e. The number of aryl methyl sites for hydroxylation is 1. The number of benzene rings is 3. The molecule has 1 aliphatic rings. The van der Waals surface area contributed by atoms with E-state index in [1.165, 1.54) is 29.5 Å². The fourth-order valence-electron chi connectivity index (χ4n) is 3.30. The summed E-state index contributed by atoms with van der Waals surface area (Å²) in [6, 6.07) is 16.1. The van der Waals surface area contributed by atoms with Crippen molar-refractivity contribution in [2.45, 2.75) is 11.8 Å². The number of nitrogens with zero attached hydrogens (tertiary/aromatic N) is 1.